The van der Waals surface area contributed by atoms with Gasteiger partial charge in [0.25, 0.3) is 0 Å². The predicted octanol–water partition coefficient (Wildman–Crippen LogP) is 5.66. The number of esters is 1. The molecule has 2 aliphatic rings. The van der Waals surface area contributed by atoms with E-state index in [0.29, 0.717) is 16.5 Å². The van der Waals surface area contributed by atoms with Crippen molar-refractivity contribution in [3.05, 3.63) is 98.9 Å². The molecule has 1 saturated carbocycles. The lowest BCUT2D eigenvalue weighted by atomic mass is 9.92. The highest BCUT2D eigenvalue weighted by molar-refractivity contribution is 6.31. The lowest BCUT2D eigenvalue weighted by Crippen LogP contribution is -2.32. The molecule has 4 aromatic rings. The average molecular weight is 503 g/mol. The fourth-order valence-electron chi connectivity index (χ4n) is 5.57. The Hall–Kier alpha value is -3.35. The first-order chi connectivity index (χ1) is 17.5. The van der Waals surface area contributed by atoms with Crippen molar-refractivity contribution in [1.29, 1.82) is 0 Å². The van der Waals surface area contributed by atoms with Gasteiger partial charge in [0.1, 0.15) is 0 Å². The molecule has 3 aromatic carbocycles. The number of aromatic nitrogens is 2. The Morgan fingerprint density at radius 1 is 1.00 bits per heavy atom. The third kappa shape index (κ3) is 3.76. The molecule has 2 heterocycles. The van der Waals surface area contributed by atoms with Gasteiger partial charge in [-0.3, -0.25) is 9.13 Å². The molecule has 0 N–H and O–H groups in total. The standard InChI is InChI=1S/C29H27ClN2O4/c1-35-27(33)21-3-2-4-22(17-21)29(13-14-29)32-25-10-7-23(30)18-26(25)31(28(32)34)24-8-5-19(6-9-24)20-11-15-36-16-12-20/h2-10,17-18,20H,11-16H2,1H3. The molecule has 0 spiro atoms. The van der Waals surface area contributed by atoms with Crippen molar-refractivity contribution in [3.8, 4) is 5.69 Å². The normalized spacial score (nSPS) is 17.3. The Morgan fingerprint density at radius 3 is 2.44 bits per heavy atom. The van der Waals surface area contributed by atoms with Crippen LogP contribution in [0.5, 0.6) is 0 Å². The van der Waals surface area contributed by atoms with Crippen LogP contribution in [0, 0.1) is 0 Å². The molecule has 7 heteroatoms. The Bertz CT molecular complexity index is 1510. The van der Waals surface area contributed by atoms with Gasteiger partial charge in [0, 0.05) is 18.2 Å². The molecule has 0 atom stereocenters. The molecule has 1 aliphatic heterocycles. The second kappa shape index (κ2) is 8.95. The highest BCUT2D eigenvalue weighted by Crippen LogP contribution is 2.50. The van der Waals surface area contributed by atoms with Crippen LogP contribution in [0.1, 0.15) is 53.1 Å². The highest BCUT2D eigenvalue weighted by Gasteiger charge is 2.49. The number of halogens is 1. The minimum Gasteiger partial charge on any atom is -0.465 e. The van der Waals surface area contributed by atoms with E-state index in [-0.39, 0.29) is 11.7 Å². The van der Waals surface area contributed by atoms with E-state index in [9.17, 15) is 9.59 Å². The zero-order valence-electron chi connectivity index (χ0n) is 20.1. The molecule has 0 bridgehead atoms. The van der Waals surface area contributed by atoms with Gasteiger partial charge in [-0.2, -0.15) is 0 Å². The molecule has 0 radical (unpaired) electrons. The number of methoxy groups -OCH3 is 1. The van der Waals surface area contributed by atoms with Gasteiger partial charge < -0.3 is 9.47 Å². The number of benzene rings is 3. The molecular formula is C29H27ClN2O4. The van der Waals surface area contributed by atoms with Crippen molar-refractivity contribution >= 4 is 28.6 Å². The first-order valence-electron chi connectivity index (χ1n) is 12.3. The van der Waals surface area contributed by atoms with Crippen LogP contribution in [0.2, 0.25) is 5.02 Å². The summed E-state index contributed by atoms with van der Waals surface area (Å²) in [6.07, 6.45) is 3.65. The Labute approximate surface area is 214 Å². The number of carbonyl (C=O) groups is 1. The van der Waals surface area contributed by atoms with Crippen LogP contribution in [0.15, 0.2) is 71.5 Å². The van der Waals surface area contributed by atoms with Gasteiger partial charge in [0.15, 0.2) is 0 Å². The largest absolute Gasteiger partial charge is 0.465 e. The van der Waals surface area contributed by atoms with E-state index in [0.717, 1.165) is 61.2 Å². The zero-order valence-corrected chi connectivity index (χ0v) is 20.8. The van der Waals surface area contributed by atoms with Gasteiger partial charge in [-0.25, -0.2) is 9.59 Å². The van der Waals surface area contributed by atoms with Gasteiger partial charge in [0.05, 0.1) is 34.9 Å². The fourth-order valence-corrected chi connectivity index (χ4v) is 5.74. The number of fused-ring (bicyclic) bond motifs is 1. The number of imidazole rings is 1. The minimum atomic E-state index is -0.513. The Balaban J connectivity index is 1.48. The molecule has 0 unspecified atom stereocenters. The molecule has 2 fully saturated rings. The van der Waals surface area contributed by atoms with Crippen molar-refractivity contribution in [2.45, 2.75) is 37.1 Å². The van der Waals surface area contributed by atoms with Crippen molar-refractivity contribution < 1.29 is 14.3 Å². The van der Waals surface area contributed by atoms with Crippen LogP contribution < -0.4 is 5.69 Å². The molecule has 0 amide bonds. The number of carbonyl (C=O) groups excluding carboxylic acids is 1. The fraction of sp³-hybridized carbons (Fsp3) is 0.310. The maximum Gasteiger partial charge on any atom is 0.337 e. The molecular weight excluding hydrogens is 476 g/mol. The maximum absolute atomic E-state index is 14.1. The summed E-state index contributed by atoms with van der Waals surface area (Å²) in [4.78, 5) is 26.3. The van der Waals surface area contributed by atoms with E-state index < -0.39 is 5.54 Å². The predicted molar refractivity (Wildman–Crippen MR) is 139 cm³/mol. The van der Waals surface area contributed by atoms with Gasteiger partial charge >= 0.3 is 11.7 Å². The van der Waals surface area contributed by atoms with E-state index in [1.54, 1.807) is 10.6 Å². The number of hydrogen-bond acceptors (Lipinski definition) is 4. The van der Waals surface area contributed by atoms with E-state index in [1.807, 2.05) is 53.1 Å². The third-order valence-electron chi connectivity index (χ3n) is 7.62. The summed E-state index contributed by atoms with van der Waals surface area (Å²) in [5.41, 5.74) is 4.44. The number of hydrogen-bond donors (Lipinski definition) is 0. The van der Waals surface area contributed by atoms with Crippen molar-refractivity contribution in [1.82, 2.24) is 9.13 Å². The Kier molecular flexibility index (Phi) is 5.73. The smallest absolute Gasteiger partial charge is 0.337 e. The van der Waals surface area contributed by atoms with Crippen molar-refractivity contribution in [3.63, 3.8) is 0 Å². The number of rotatable bonds is 5. The van der Waals surface area contributed by atoms with E-state index >= 15 is 0 Å². The monoisotopic (exact) mass is 502 g/mol. The van der Waals surface area contributed by atoms with Crippen molar-refractivity contribution in [2.75, 3.05) is 20.3 Å². The lowest BCUT2D eigenvalue weighted by molar-refractivity contribution is 0.0600. The lowest BCUT2D eigenvalue weighted by Gasteiger charge is -2.22. The minimum absolute atomic E-state index is 0.118. The van der Waals surface area contributed by atoms with Crippen molar-refractivity contribution in [2.24, 2.45) is 0 Å². The summed E-state index contributed by atoms with van der Waals surface area (Å²) in [5.74, 6) is 0.0935. The molecule has 1 aliphatic carbocycles. The second-order valence-electron chi connectivity index (χ2n) is 9.67. The first-order valence-corrected chi connectivity index (χ1v) is 12.7. The van der Waals surface area contributed by atoms with Crippen LogP contribution in [0.25, 0.3) is 16.7 Å². The molecule has 6 rings (SSSR count). The third-order valence-corrected chi connectivity index (χ3v) is 7.85. The SMILES string of the molecule is COC(=O)c1cccc(C2(n3c(=O)n(-c4ccc(C5CCOCC5)cc4)c4cc(Cl)ccc43)CC2)c1. The van der Waals surface area contributed by atoms with Crippen LogP contribution in [-0.4, -0.2) is 35.4 Å². The maximum atomic E-state index is 14.1. The molecule has 1 aromatic heterocycles. The van der Waals surface area contributed by atoms with Crippen LogP contribution in [0.4, 0.5) is 0 Å². The van der Waals surface area contributed by atoms with E-state index in [2.05, 4.69) is 12.1 Å². The number of nitrogens with zero attached hydrogens (tertiary/aromatic N) is 2. The summed E-state index contributed by atoms with van der Waals surface area (Å²) >= 11 is 6.40. The summed E-state index contributed by atoms with van der Waals surface area (Å²) < 4.78 is 14.1. The average Bonchev–Trinajstić information content (AvgIpc) is 3.67. The highest BCUT2D eigenvalue weighted by atomic mass is 35.5. The summed E-state index contributed by atoms with van der Waals surface area (Å²) in [7, 11) is 1.37. The second-order valence-corrected chi connectivity index (χ2v) is 10.1. The quantitative estimate of drug-likeness (QED) is 0.330. The van der Waals surface area contributed by atoms with Gasteiger partial charge in [-0.05, 0) is 85.2 Å². The van der Waals surface area contributed by atoms with E-state index in [1.165, 1.54) is 12.7 Å². The molecule has 1 saturated heterocycles. The topological polar surface area (TPSA) is 62.5 Å². The van der Waals surface area contributed by atoms with Gasteiger partial charge in [-0.15, -0.1) is 0 Å². The summed E-state index contributed by atoms with van der Waals surface area (Å²) in [5, 5.41) is 0.574. The van der Waals surface area contributed by atoms with Crippen LogP contribution in [0.3, 0.4) is 0 Å². The summed E-state index contributed by atoms with van der Waals surface area (Å²) in [6.45, 7) is 1.58. The van der Waals surface area contributed by atoms with Crippen LogP contribution >= 0.6 is 11.6 Å². The molecule has 36 heavy (non-hydrogen) atoms. The van der Waals surface area contributed by atoms with E-state index in [4.69, 9.17) is 21.1 Å². The van der Waals surface area contributed by atoms with Gasteiger partial charge in [0.2, 0.25) is 0 Å². The molecule has 6 nitrogen and oxygen atoms in total. The molecule has 184 valence electrons. The van der Waals surface area contributed by atoms with Gasteiger partial charge in [-0.1, -0.05) is 35.9 Å². The van der Waals surface area contributed by atoms with Crippen LogP contribution in [-0.2, 0) is 15.0 Å². The zero-order chi connectivity index (χ0) is 24.9. The Morgan fingerprint density at radius 2 is 1.75 bits per heavy atom. The summed E-state index contributed by atoms with van der Waals surface area (Å²) in [6, 6.07) is 21.3. The number of ether oxygens (including phenoxy) is 2. The first kappa shape index (κ1) is 23.1.